The van der Waals surface area contributed by atoms with Crippen molar-refractivity contribution in [1.82, 2.24) is 19.9 Å². The van der Waals surface area contributed by atoms with Crippen molar-refractivity contribution in [3.63, 3.8) is 0 Å². The molecule has 6 rings (SSSR count). The Labute approximate surface area is 224 Å². The van der Waals surface area contributed by atoms with Crippen LogP contribution < -0.4 is 20.5 Å². The molecule has 10 nitrogen and oxygen atoms in total. The van der Waals surface area contributed by atoms with Crippen LogP contribution in [0.1, 0.15) is 28.0 Å². The number of nitrogens with zero attached hydrogens (tertiary/aromatic N) is 5. The number of nitrogens with one attached hydrogen (secondary N) is 1. The topological polar surface area (TPSA) is 138 Å². The number of carbonyl (C=O) groups is 1. The molecule has 4 aromatic rings. The average molecular weight is 548 g/mol. The number of ether oxygens (including phenoxy) is 2. The van der Waals surface area contributed by atoms with Crippen LogP contribution in [0.3, 0.4) is 0 Å². The van der Waals surface area contributed by atoms with Crippen LogP contribution in [0.5, 0.6) is 17.4 Å². The number of amides is 1. The molecule has 0 aliphatic carbocycles. The van der Waals surface area contributed by atoms with E-state index in [9.17, 15) is 9.18 Å². The first-order valence-electron chi connectivity index (χ1n) is 11.7. The van der Waals surface area contributed by atoms with Crippen molar-refractivity contribution < 1.29 is 23.0 Å². The monoisotopic (exact) mass is 547 g/mol. The van der Waals surface area contributed by atoms with Gasteiger partial charge in [0, 0.05) is 41.2 Å². The summed E-state index contributed by atoms with van der Waals surface area (Å²) in [6.45, 7) is 0.374. The van der Waals surface area contributed by atoms with Crippen LogP contribution in [-0.2, 0) is 4.75 Å². The lowest BCUT2D eigenvalue weighted by Gasteiger charge is -2.41. The number of amidine groups is 1. The second-order valence-electron chi connectivity index (χ2n) is 8.65. The smallest absolute Gasteiger partial charge is 0.275 e. The molecular formula is C26H19F2N7O3S. The number of thioether (sulfide) groups is 1. The van der Waals surface area contributed by atoms with Gasteiger partial charge in [0.05, 0.1) is 29.9 Å². The quantitative estimate of drug-likeness (QED) is 0.359. The van der Waals surface area contributed by atoms with E-state index in [-0.39, 0.29) is 23.0 Å². The minimum atomic E-state index is -0.917. The third-order valence-electron chi connectivity index (χ3n) is 6.35. The summed E-state index contributed by atoms with van der Waals surface area (Å²) in [5.41, 5.74) is 8.44. The maximum absolute atomic E-state index is 15.4. The van der Waals surface area contributed by atoms with Crippen LogP contribution in [0.4, 0.5) is 14.5 Å². The Hall–Kier alpha value is -4.65. The van der Waals surface area contributed by atoms with Gasteiger partial charge >= 0.3 is 0 Å². The van der Waals surface area contributed by atoms with Crippen molar-refractivity contribution in [2.24, 2.45) is 10.7 Å². The molecular weight excluding hydrogens is 528 g/mol. The van der Waals surface area contributed by atoms with Gasteiger partial charge < -0.3 is 20.5 Å². The average Bonchev–Trinajstić information content (AvgIpc) is 2.94. The lowest BCUT2D eigenvalue weighted by Crippen LogP contribution is -2.35. The molecule has 1 amide bonds. The molecule has 1 aromatic carbocycles. The summed E-state index contributed by atoms with van der Waals surface area (Å²) in [7, 11) is 1.45. The Bertz CT molecular complexity index is 1650. The number of benzene rings is 1. The van der Waals surface area contributed by atoms with E-state index in [0.29, 0.717) is 46.3 Å². The molecule has 0 unspecified atom stereocenters. The van der Waals surface area contributed by atoms with Gasteiger partial charge in [0.25, 0.3) is 11.9 Å². The van der Waals surface area contributed by atoms with Gasteiger partial charge in [-0.25, -0.2) is 19.9 Å². The van der Waals surface area contributed by atoms with Gasteiger partial charge in [-0.15, -0.1) is 0 Å². The number of aromatic nitrogens is 4. The fourth-order valence-corrected chi connectivity index (χ4v) is 5.81. The molecule has 0 saturated carbocycles. The lowest BCUT2D eigenvalue weighted by molar-refractivity contribution is 0.102. The molecule has 196 valence electrons. The summed E-state index contributed by atoms with van der Waals surface area (Å²) in [4.78, 5) is 32.9. The van der Waals surface area contributed by atoms with Gasteiger partial charge in [0.15, 0.2) is 10.9 Å². The summed E-state index contributed by atoms with van der Waals surface area (Å²) in [5, 5.41) is 3.13. The number of halogens is 2. The van der Waals surface area contributed by atoms with E-state index in [1.807, 2.05) is 0 Å². The molecule has 0 bridgehead atoms. The van der Waals surface area contributed by atoms with E-state index in [2.05, 4.69) is 30.2 Å². The summed E-state index contributed by atoms with van der Waals surface area (Å²) in [5.74, 6) is -1.42. The van der Waals surface area contributed by atoms with Crippen LogP contribution >= 0.6 is 11.8 Å². The van der Waals surface area contributed by atoms with Gasteiger partial charge in [0.1, 0.15) is 11.4 Å². The molecule has 1 spiro atoms. The van der Waals surface area contributed by atoms with Crippen molar-refractivity contribution in [2.45, 2.75) is 11.2 Å². The van der Waals surface area contributed by atoms with Crippen LogP contribution in [0.15, 0.2) is 60.0 Å². The highest BCUT2D eigenvalue weighted by Gasteiger charge is 2.47. The van der Waals surface area contributed by atoms with E-state index in [4.69, 9.17) is 15.2 Å². The lowest BCUT2D eigenvalue weighted by atomic mass is 9.83. The fourth-order valence-electron chi connectivity index (χ4n) is 4.57. The maximum Gasteiger partial charge on any atom is 0.275 e. The molecule has 0 saturated heterocycles. The number of hydrogen-bond donors (Lipinski definition) is 2. The Morgan fingerprint density at radius 2 is 2.00 bits per heavy atom. The molecule has 2 aliphatic heterocycles. The first-order chi connectivity index (χ1) is 18.9. The minimum Gasteiger partial charge on any atom is -0.480 e. The van der Waals surface area contributed by atoms with Crippen LogP contribution in [0, 0.1) is 11.9 Å². The third kappa shape index (κ3) is 4.40. The molecule has 3 N–H and O–H groups in total. The van der Waals surface area contributed by atoms with Gasteiger partial charge in [-0.1, -0.05) is 11.8 Å². The molecule has 0 radical (unpaired) electrons. The van der Waals surface area contributed by atoms with Gasteiger partial charge in [-0.3, -0.25) is 9.79 Å². The molecule has 1 atom stereocenters. The molecule has 13 heteroatoms. The SMILES string of the molecule is COc1cnc(C(=O)Nc2ccc3c(c2)[C@@]2(CCN=C(N)S2)c2cc(-c4ccnc(F)c4)nc(F)c2O3)cn1. The van der Waals surface area contributed by atoms with Crippen molar-refractivity contribution in [2.75, 3.05) is 19.0 Å². The Morgan fingerprint density at radius 1 is 1.13 bits per heavy atom. The number of rotatable bonds is 4. The predicted molar refractivity (Wildman–Crippen MR) is 140 cm³/mol. The zero-order valence-electron chi connectivity index (χ0n) is 20.3. The highest BCUT2D eigenvalue weighted by molar-refractivity contribution is 8.14. The molecule has 3 aromatic heterocycles. The predicted octanol–water partition coefficient (Wildman–Crippen LogP) is 4.27. The zero-order valence-corrected chi connectivity index (χ0v) is 21.1. The largest absolute Gasteiger partial charge is 0.480 e. The Kier molecular flexibility index (Phi) is 6.06. The number of methoxy groups -OCH3 is 1. The zero-order chi connectivity index (χ0) is 27.1. The normalized spacial score (nSPS) is 17.5. The van der Waals surface area contributed by atoms with Crippen molar-refractivity contribution in [3.05, 3.63) is 83.7 Å². The third-order valence-corrected chi connectivity index (χ3v) is 7.68. The number of hydrogen-bond acceptors (Lipinski definition) is 10. The first-order valence-corrected chi connectivity index (χ1v) is 12.5. The van der Waals surface area contributed by atoms with E-state index in [1.54, 1.807) is 30.3 Å². The van der Waals surface area contributed by atoms with Crippen LogP contribution in [0.25, 0.3) is 11.3 Å². The van der Waals surface area contributed by atoms with Crippen molar-refractivity contribution in [3.8, 4) is 28.6 Å². The minimum absolute atomic E-state index is 0.0479. The highest BCUT2D eigenvalue weighted by atomic mass is 32.2. The summed E-state index contributed by atoms with van der Waals surface area (Å²) >= 11 is 1.26. The van der Waals surface area contributed by atoms with Gasteiger partial charge in [-0.2, -0.15) is 8.78 Å². The standard InChI is InChI=1S/C26H19F2N7O3S/c1-37-21-12-32-18(11-33-21)24(36)34-14-2-3-19-15(9-14)26(5-7-31-25(29)39-26)16-10-17(35-23(28)22(16)38-19)13-4-6-30-20(27)8-13/h2-4,6,8-12H,5,7H2,1H3,(H2,29,31)(H,34,36)/t26-/m0/s1. The maximum atomic E-state index is 15.4. The van der Waals surface area contributed by atoms with Crippen LogP contribution in [-0.4, -0.2) is 44.7 Å². The number of nitrogens with two attached hydrogens (primary N) is 1. The van der Waals surface area contributed by atoms with Crippen molar-refractivity contribution in [1.29, 1.82) is 0 Å². The fraction of sp³-hybridized carbons (Fsp3) is 0.154. The van der Waals surface area contributed by atoms with Crippen molar-refractivity contribution >= 4 is 28.5 Å². The summed E-state index contributed by atoms with van der Waals surface area (Å²) in [6, 6.07) is 9.42. The second-order valence-corrected chi connectivity index (χ2v) is 9.97. The number of pyridine rings is 2. The van der Waals surface area contributed by atoms with E-state index in [1.165, 1.54) is 43.5 Å². The summed E-state index contributed by atoms with van der Waals surface area (Å²) < 4.78 is 39.4. The second kappa shape index (κ2) is 9.58. The van der Waals surface area contributed by atoms with E-state index >= 15 is 4.39 Å². The van der Waals surface area contributed by atoms with Crippen LogP contribution in [0.2, 0.25) is 0 Å². The van der Waals surface area contributed by atoms with Gasteiger partial charge in [-0.05, 0) is 36.8 Å². The van der Waals surface area contributed by atoms with E-state index in [0.717, 1.165) is 0 Å². The molecule has 0 fully saturated rings. The molecule has 5 heterocycles. The Balaban J connectivity index is 1.44. The van der Waals surface area contributed by atoms with E-state index < -0.39 is 22.5 Å². The number of aliphatic imine (C=N–C) groups is 1. The first kappa shape index (κ1) is 24.7. The number of fused-ring (bicyclic) bond motifs is 4. The number of carbonyl (C=O) groups excluding carboxylic acids is 1. The molecule has 2 aliphatic rings. The number of anilines is 1. The van der Waals surface area contributed by atoms with Gasteiger partial charge in [0.2, 0.25) is 11.8 Å². The Morgan fingerprint density at radius 3 is 2.74 bits per heavy atom. The highest BCUT2D eigenvalue weighted by Crippen LogP contribution is 2.58. The molecule has 39 heavy (non-hydrogen) atoms. The summed E-state index contributed by atoms with van der Waals surface area (Å²) in [6.07, 6.45) is 4.39.